The van der Waals surface area contributed by atoms with Crippen LogP contribution in [0.2, 0.25) is 0 Å². The Kier molecular flexibility index (Phi) is 2.53. The number of aldehydes is 1. The molecule has 0 saturated carbocycles. The molecule has 0 atom stereocenters. The van der Waals surface area contributed by atoms with Crippen LogP contribution in [0.25, 0.3) is 0 Å². The van der Waals surface area contributed by atoms with Crippen molar-refractivity contribution in [2.24, 2.45) is 0 Å². The molecule has 0 spiro atoms. The fraction of sp³-hybridized carbons (Fsp3) is 0.222. The van der Waals surface area contributed by atoms with Gasteiger partial charge in [0, 0.05) is 0 Å². The molecule has 0 bridgehead atoms. The average molecular weight is 170 g/mol. The first-order valence-corrected chi connectivity index (χ1v) is 3.62. The van der Waals surface area contributed by atoms with Gasteiger partial charge in [-0.2, -0.15) is 0 Å². The van der Waals surface area contributed by atoms with Crippen LogP contribution in [0.4, 0.5) is 8.78 Å². The number of aryl methyl sites for hydroxylation is 1. The van der Waals surface area contributed by atoms with Gasteiger partial charge in [-0.1, -0.05) is 13.0 Å². The minimum atomic E-state index is -1.05. The fourth-order valence-electron chi connectivity index (χ4n) is 0.968. The van der Waals surface area contributed by atoms with E-state index in [1.807, 2.05) is 0 Å². The summed E-state index contributed by atoms with van der Waals surface area (Å²) in [5, 5.41) is 0. The third-order valence-electron chi connectivity index (χ3n) is 1.70. The maximum absolute atomic E-state index is 12.9. The zero-order valence-electron chi connectivity index (χ0n) is 6.60. The van der Waals surface area contributed by atoms with Crippen LogP contribution in [0.1, 0.15) is 22.8 Å². The highest BCUT2D eigenvalue weighted by Gasteiger charge is 2.10. The zero-order valence-corrected chi connectivity index (χ0v) is 6.60. The lowest BCUT2D eigenvalue weighted by Gasteiger charge is -2.01. The molecule has 0 N–H and O–H groups in total. The molecule has 12 heavy (non-hydrogen) atoms. The second-order valence-electron chi connectivity index (χ2n) is 2.41. The molecule has 0 aliphatic carbocycles. The monoisotopic (exact) mass is 170 g/mol. The third kappa shape index (κ3) is 1.35. The van der Waals surface area contributed by atoms with Gasteiger partial charge in [-0.15, -0.1) is 0 Å². The zero-order chi connectivity index (χ0) is 9.14. The second kappa shape index (κ2) is 3.43. The van der Waals surface area contributed by atoms with Crippen molar-refractivity contribution >= 4 is 6.29 Å². The first kappa shape index (κ1) is 8.84. The minimum absolute atomic E-state index is 0.232. The molecule has 0 aliphatic heterocycles. The molecule has 0 radical (unpaired) electrons. The molecule has 0 amide bonds. The largest absolute Gasteiger partial charge is 0.298 e. The Balaban J connectivity index is 3.29. The SMILES string of the molecule is CCc1ccc(C=O)c(F)c1F. The Bertz CT molecular complexity index is 308. The Hall–Kier alpha value is -1.25. The molecule has 64 valence electrons. The number of rotatable bonds is 2. The van der Waals surface area contributed by atoms with Crippen molar-refractivity contribution < 1.29 is 13.6 Å². The summed E-state index contributed by atoms with van der Waals surface area (Å²) in [5.41, 5.74) is 0.0581. The summed E-state index contributed by atoms with van der Waals surface area (Å²) in [7, 11) is 0. The molecule has 3 heteroatoms. The highest BCUT2D eigenvalue weighted by Crippen LogP contribution is 2.15. The molecule has 1 nitrogen and oxygen atoms in total. The number of hydrogen-bond acceptors (Lipinski definition) is 1. The lowest BCUT2D eigenvalue weighted by molar-refractivity contribution is 0.111. The standard InChI is InChI=1S/C9H8F2O/c1-2-6-3-4-7(5-12)9(11)8(6)10/h3-5H,2H2,1H3. The van der Waals surface area contributed by atoms with E-state index >= 15 is 0 Å². The molecule has 1 aromatic rings. The minimum Gasteiger partial charge on any atom is -0.298 e. The van der Waals surface area contributed by atoms with Gasteiger partial charge in [0.1, 0.15) is 0 Å². The van der Waals surface area contributed by atoms with Gasteiger partial charge in [-0.3, -0.25) is 4.79 Å². The molecule has 1 aromatic carbocycles. The van der Waals surface area contributed by atoms with Crippen molar-refractivity contribution in [3.8, 4) is 0 Å². The first-order valence-electron chi connectivity index (χ1n) is 3.62. The normalized spacial score (nSPS) is 9.92. The summed E-state index contributed by atoms with van der Waals surface area (Å²) < 4.78 is 25.8. The Morgan fingerprint density at radius 2 is 2.00 bits per heavy atom. The Morgan fingerprint density at radius 3 is 2.50 bits per heavy atom. The van der Waals surface area contributed by atoms with Crippen molar-refractivity contribution in [1.82, 2.24) is 0 Å². The quantitative estimate of drug-likeness (QED) is 0.622. The molecular weight excluding hydrogens is 162 g/mol. The van der Waals surface area contributed by atoms with E-state index in [9.17, 15) is 13.6 Å². The lowest BCUT2D eigenvalue weighted by Crippen LogP contribution is -1.97. The van der Waals surface area contributed by atoms with Crippen LogP contribution in [0.3, 0.4) is 0 Å². The predicted octanol–water partition coefficient (Wildman–Crippen LogP) is 2.34. The van der Waals surface area contributed by atoms with E-state index in [0.717, 1.165) is 0 Å². The van der Waals surface area contributed by atoms with Gasteiger partial charge in [0.2, 0.25) is 0 Å². The summed E-state index contributed by atoms with van der Waals surface area (Å²) in [4.78, 5) is 10.2. The first-order chi connectivity index (χ1) is 5.70. The van der Waals surface area contributed by atoms with E-state index in [2.05, 4.69) is 0 Å². The van der Waals surface area contributed by atoms with E-state index in [1.54, 1.807) is 6.92 Å². The topological polar surface area (TPSA) is 17.1 Å². The van der Waals surface area contributed by atoms with Crippen molar-refractivity contribution in [1.29, 1.82) is 0 Å². The van der Waals surface area contributed by atoms with Crippen LogP contribution in [-0.2, 0) is 6.42 Å². The van der Waals surface area contributed by atoms with Gasteiger partial charge in [0.05, 0.1) is 5.56 Å². The molecule has 0 fully saturated rings. The second-order valence-corrected chi connectivity index (χ2v) is 2.41. The smallest absolute Gasteiger partial charge is 0.169 e. The summed E-state index contributed by atoms with van der Waals surface area (Å²) in [5.74, 6) is -1.97. The number of halogens is 2. The summed E-state index contributed by atoms with van der Waals surface area (Å²) >= 11 is 0. The number of hydrogen-bond donors (Lipinski definition) is 0. The molecule has 0 unspecified atom stereocenters. The van der Waals surface area contributed by atoms with E-state index in [1.165, 1.54) is 12.1 Å². The number of carbonyl (C=O) groups is 1. The molecule has 0 saturated heterocycles. The molecule has 0 aromatic heterocycles. The fourth-order valence-corrected chi connectivity index (χ4v) is 0.968. The maximum atomic E-state index is 12.9. The van der Waals surface area contributed by atoms with Crippen molar-refractivity contribution in [3.63, 3.8) is 0 Å². The van der Waals surface area contributed by atoms with Gasteiger partial charge in [0.25, 0.3) is 0 Å². The molecule has 0 heterocycles. The third-order valence-corrected chi connectivity index (χ3v) is 1.70. The van der Waals surface area contributed by atoms with E-state index in [-0.39, 0.29) is 11.1 Å². The molecule has 0 aliphatic rings. The van der Waals surface area contributed by atoms with Gasteiger partial charge in [0.15, 0.2) is 17.9 Å². The van der Waals surface area contributed by atoms with Crippen LogP contribution in [0.15, 0.2) is 12.1 Å². The van der Waals surface area contributed by atoms with Crippen molar-refractivity contribution in [3.05, 3.63) is 34.9 Å². The summed E-state index contributed by atoms with van der Waals surface area (Å²) in [6.45, 7) is 1.72. The van der Waals surface area contributed by atoms with Crippen LogP contribution >= 0.6 is 0 Å². The molecule has 1 rings (SSSR count). The Morgan fingerprint density at radius 1 is 1.33 bits per heavy atom. The lowest BCUT2D eigenvalue weighted by atomic mass is 10.1. The average Bonchev–Trinajstić information content (AvgIpc) is 2.10. The Labute approximate surface area is 69.0 Å². The van der Waals surface area contributed by atoms with E-state index in [0.29, 0.717) is 12.7 Å². The van der Waals surface area contributed by atoms with Crippen molar-refractivity contribution in [2.75, 3.05) is 0 Å². The van der Waals surface area contributed by atoms with Crippen LogP contribution in [-0.4, -0.2) is 6.29 Å². The number of benzene rings is 1. The summed E-state index contributed by atoms with van der Waals surface area (Å²) in [6, 6.07) is 2.70. The predicted molar refractivity (Wildman–Crippen MR) is 41.1 cm³/mol. The molecular formula is C9H8F2O. The highest BCUT2D eigenvalue weighted by molar-refractivity contribution is 5.75. The van der Waals surface area contributed by atoms with Crippen LogP contribution in [0, 0.1) is 11.6 Å². The highest BCUT2D eigenvalue weighted by atomic mass is 19.2. The van der Waals surface area contributed by atoms with Gasteiger partial charge < -0.3 is 0 Å². The van der Waals surface area contributed by atoms with Gasteiger partial charge in [-0.05, 0) is 18.1 Å². The van der Waals surface area contributed by atoms with E-state index in [4.69, 9.17) is 0 Å². The van der Waals surface area contributed by atoms with Crippen molar-refractivity contribution in [2.45, 2.75) is 13.3 Å². The van der Waals surface area contributed by atoms with Crippen LogP contribution in [0.5, 0.6) is 0 Å². The maximum Gasteiger partial charge on any atom is 0.169 e. The number of carbonyl (C=O) groups excluding carboxylic acids is 1. The van der Waals surface area contributed by atoms with Gasteiger partial charge in [-0.25, -0.2) is 8.78 Å². The van der Waals surface area contributed by atoms with Crippen LogP contribution < -0.4 is 0 Å². The van der Waals surface area contributed by atoms with E-state index < -0.39 is 11.6 Å². The summed E-state index contributed by atoms with van der Waals surface area (Å²) in [6.07, 6.45) is 0.722. The van der Waals surface area contributed by atoms with Gasteiger partial charge >= 0.3 is 0 Å².